The fraction of sp³-hybridized carbons (Fsp3) is 0.143. The van der Waals surface area contributed by atoms with E-state index < -0.39 is 11.6 Å². The Labute approximate surface area is 118 Å². The van der Waals surface area contributed by atoms with Crippen molar-refractivity contribution in [1.82, 2.24) is 5.43 Å². The number of nitrogens with two attached hydrogens (primary N) is 1. The maximum Gasteiger partial charge on any atom is 0.159 e. The van der Waals surface area contributed by atoms with Crippen molar-refractivity contribution in [2.45, 2.75) is 13.0 Å². The molecule has 3 N–H and O–H groups in total. The van der Waals surface area contributed by atoms with Crippen LogP contribution in [0.2, 0.25) is 0 Å². The topological polar surface area (TPSA) is 38.0 Å². The first kappa shape index (κ1) is 14.1. The summed E-state index contributed by atoms with van der Waals surface area (Å²) in [5.41, 5.74) is 5.12. The van der Waals surface area contributed by atoms with Gasteiger partial charge in [0, 0.05) is 4.47 Å². The zero-order chi connectivity index (χ0) is 14.0. The number of hydrazine groups is 1. The van der Waals surface area contributed by atoms with E-state index in [-0.39, 0.29) is 6.04 Å². The normalized spacial score (nSPS) is 12.5. The minimum absolute atomic E-state index is 0.387. The van der Waals surface area contributed by atoms with Crippen LogP contribution >= 0.6 is 15.9 Å². The molecule has 0 aromatic heterocycles. The van der Waals surface area contributed by atoms with Gasteiger partial charge < -0.3 is 0 Å². The van der Waals surface area contributed by atoms with E-state index >= 15 is 0 Å². The first-order valence-corrected chi connectivity index (χ1v) is 6.49. The molecule has 0 aliphatic heterocycles. The average Bonchev–Trinajstić information content (AvgIpc) is 2.39. The van der Waals surface area contributed by atoms with Crippen LogP contribution < -0.4 is 11.3 Å². The van der Waals surface area contributed by atoms with Crippen LogP contribution in [-0.4, -0.2) is 0 Å². The van der Waals surface area contributed by atoms with Gasteiger partial charge in [-0.3, -0.25) is 5.84 Å². The maximum absolute atomic E-state index is 13.3. The average molecular weight is 327 g/mol. The van der Waals surface area contributed by atoms with Crippen molar-refractivity contribution >= 4 is 15.9 Å². The van der Waals surface area contributed by atoms with Crippen molar-refractivity contribution in [1.29, 1.82) is 0 Å². The van der Waals surface area contributed by atoms with Crippen molar-refractivity contribution in [3.8, 4) is 0 Å². The summed E-state index contributed by atoms with van der Waals surface area (Å²) in [5.74, 6) is 3.78. The summed E-state index contributed by atoms with van der Waals surface area (Å²) in [6, 6.07) is 9.09. The minimum Gasteiger partial charge on any atom is -0.271 e. The van der Waals surface area contributed by atoms with Gasteiger partial charge in [-0.1, -0.05) is 34.1 Å². The van der Waals surface area contributed by atoms with E-state index in [2.05, 4.69) is 21.4 Å². The smallest absolute Gasteiger partial charge is 0.159 e. The number of benzene rings is 2. The van der Waals surface area contributed by atoms with Crippen molar-refractivity contribution in [2.75, 3.05) is 0 Å². The van der Waals surface area contributed by atoms with Gasteiger partial charge in [0.25, 0.3) is 0 Å². The second-order valence-corrected chi connectivity index (χ2v) is 5.14. The predicted molar refractivity (Wildman–Crippen MR) is 74.4 cm³/mol. The Balaban J connectivity index is 2.43. The van der Waals surface area contributed by atoms with Crippen molar-refractivity contribution in [3.63, 3.8) is 0 Å². The maximum atomic E-state index is 13.3. The van der Waals surface area contributed by atoms with Crippen molar-refractivity contribution < 1.29 is 8.78 Å². The molecule has 0 spiro atoms. The van der Waals surface area contributed by atoms with Gasteiger partial charge in [-0.05, 0) is 41.8 Å². The Bertz CT molecular complexity index is 550. The molecule has 5 heteroatoms. The standard InChI is InChI=1S/C14H13BrF2N2/c1-8-6-9(2-4-11(8)15)14(19-18)10-3-5-12(16)13(17)7-10/h2-7,14,19H,18H2,1H3. The van der Waals surface area contributed by atoms with Crippen LogP contribution in [0, 0.1) is 18.6 Å². The van der Waals surface area contributed by atoms with Crippen molar-refractivity contribution in [3.05, 3.63) is 69.2 Å². The molecule has 2 aromatic carbocycles. The zero-order valence-corrected chi connectivity index (χ0v) is 11.8. The fourth-order valence-corrected chi connectivity index (χ4v) is 2.17. The molecule has 2 rings (SSSR count). The molecule has 19 heavy (non-hydrogen) atoms. The highest BCUT2D eigenvalue weighted by atomic mass is 79.9. The quantitative estimate of drug-likeness (QED) is 0.668. The number of halogens is 3. The molecule has 2 aromatic rings. The Morgan fingerprint density at radius 3 is 2.26 bits per heavy atom. The summed E-state index contributed by atoms with van der Waals surface area (Å²) in [6.07, 6.45) is 0. The molecule has 0 radical (unpaired) electrons. The van der Waals surface area contributed by atoms with Crippen LogP contribution in [-0.2, 0) is 0 Å². The Hall–Kier alpha value is -1.30. The van der Waals surface area contributed by atoms with E-state index in [1.165, 1.54) is 6.07 Å². The molecule has 0 amide bonds. The number of rotatable bonds is 3. The van der Waals surface area contributed by atoms with Crippen LogP contribution in [0.5, 0.6) is 0 Å². The van der Waals surface area contributed by atoms with Gasteiger partial charge in [-0.15, -0.1) is 0 Å². The van der Waals surface area contributed by atoms with Crippen LogP contribution in [0.25, 0.3) is 0 Å². The lowest BCUT2D eigenvalue weighted by atomic mass is 9.98. The molecule has 1 unspecified atom stereocenters. The van der Waals surface area contributed by atoms with Crippen molar-refractivity contribution in [2.24, 2.45) is 5.84 Å². The van der Waals surface area contributed by atoms with Crippen LogP contribution in [0.4, 0.5) is 8.78 Å². The van der Waals surface area contributed by atoms with Gasteiger partial charge in [-0.25, -0.2) is 14.2 Å². The summed E-state index contributed by atoms with van der Waals surface area (Å²) in [6.45, 7) is 1.95. The molecule has 1 atom stereocenters. The molecule has 0 heterocycles. The minimum atomic E-state index is -0.883. The highest BCUT2D eigenvalue weighted by Crippen LogP contribution is 2.26. The monoisotopic (exact) mass is 326 g/mol. The third-order valence-electron chi connectivity index (χ3n) is 2.96. The number of aryl methyl sites for hydroxylation is 1. The molecule has 0 fully saturated rings. The summed E-state index contributed by atoms with van der Waals surface area (Å²) in [4.78, 5) is 0. The first-order chi connectivity index (χ1) is 9.02. The van der Waals surface area contributed by atoms with Gasteiger partial charge in [0.15, 0.2) is 11.6 Å². The molecule has 2 nitrogen and oxygen atoms in total. The molecule has 0 saturated carbocycles. The predicted octanol–water partition coefficient (Wildman–Crippen LogP) is 3.59. The Kier molecular flexibility index (Phi) is 4.29. The van der Waals surface area contributed by atoms with Gasteiger partial charge in [0.05, 0.1) is 6.04 Å². The second-order valence-electron chi connectivity index (χ2n) is 4.28. The van der Waals surface area contributed by atoms with E-state index in [1.807, 2.05) is 25.1 Å². The van der Waals surface area contributed by atoms with Crippen LogP contribution in [0.15, 0.2) is 40.9 Å². The third-order valence-corrected chi connectivity index (χ3v) is 3.85. The number of nitrogens with one attached hydrogen (secondary N) is 1. The molecule has 0 bridgehead atoms. The van der Waals surface area contributed by atoms with Crippen LogP contribution in [0.1, 0.15) is 22.7 Å². The third kappa shape index (κ3) is 3.00. The van der Waals surface area contributed by atoms with Gasteiger partial charge in [0.1, 0.15) is 0 Å². The summed E-state index contributed by atoms with van der Waals surface area (Å²) in [5, 5.41) is 0. The van der Waals surface area contributed by atoms with E-state index in [4.69, 9.17) is 5.84 Å². The van der Waals surface area contributed by atoms with E-state index in [9.17, 15) is 8.78 Å². The highest BCUT2D eigenvalue weighted by Gasteiger charge is 2.15. The number of hydrogen-bond donors (Lipinski definition) is 2. The van der Waals surface area contributed by atoms with Gasteiger partial charge >= 0.3 is 0 Å². The summed E-state index contributed by atoms with van der Waals surface area (Å²) in [7, 11) is 0. The Morgan fingerprint density at radius 1 is 1.05 bits per heavy atom. The molecular weight excluding hydrogens is 314 g/mol. The zero-order valence-electron chi connectivity index (χ0n) is 10.3. The molecular formula is C14H13BrF2N2. The van der Waals surface area contributed by atoms with E-state index in [0.29, 0.717) is 5.56 Å². The Morgan fingerprint density at radius 2 is 1.68 bits per heavy atom. The van der Waals surface area contributed by atoms with Crippen LogP contribution in [0.3, 0.4) is 0 Å². The van der Waals surface area contributed by atoms with Gasteiger partial charge in [-0.2, -0.15) is 0 Å². The molecule has 100 valence electrons. The lowest BCUT2D eigenvalue weighted by molar-refractivity contribution is 0.504. The van der Waals surface area contributed by atoms with Gasteiger partial charge in [0.2, 0.25) is 0 Å². The molecule has 0 aliphatic carbocycles. The molecule has 0 saturated heterocycles. The highest BCUT2D eigenvalue weighted by molar-refractivity contribution is 9.10. The lowest BCUT2D eigenvalue weighted by Crippen LogP contribution is -2.29. The number of hydrogen-bond acceptors (Lipinski definition) is 2. The summed E-state index contributed by atoms with van der Waals surface area (Å²) < 4.78 is 27.2. The van der Waals surface area contributed by atoms with E-state index in [0.717, 1.165) is 27.7 Å². The largest absolute Gasteiger partial charge is 0.271 e. The second kappa shape index (κ2) is 5.77. The lowest BCUT2D eigenvalue weighted by Gasteiger charge is -2.18. The molecule has 0 aliphatic rings. The fourth-order valence-electron chi connectivity index (χ4n) is 1.92. The van der Waals surface area contributed by atoms with E-state index in [1.54, 1.807) is 0 Å². The SMILES string of the molecule is Cc1cc(C(NN)c2ccc(F)c(F)c2)ccc1Br. The first-order valence-electron chi connectivity index (χ1n) is 5.70. The summed E-state index contributed by atoms with van der Waals surface area (Å²) >= 11 is 3.42.